The number of piperazine rings is 1. The highest BCUT2D eigenvalue weighted by Gasteiger charge is 2.33. The first-order valence-electron chi connectivity index (χ1n) is 7.18. The van der Waals surface area contributed by atoms with Crippen molar-refractivity contribution in [2.75, 3.05) is 26.7 Å². The maximum atomic E-state index is 12.1. The molecule has 6 nitrogen and oxygen atoms in total. The van der Waals surface area contributed by atoms with E-state index in [-0.39, 0.29) is 11.9 Å². The number of aromatic nitrogens is 2. The lowest BCUT2D eigenvalue weighted by Gasteiger charge is -2.42. The van der Waals surface area contributed by atoms with E-state index < -0.39 is 0 Å². The number of nitrogens with zero attached hydrogens (tertiary/aromatic N) is 4. The monoisotopic (exact) mass is 279 g/mol. The van der Waals surface area contributed by atoms with Crippen molar-refractivity contribution < 1.29 is 4.79 Å². The van der Waals surface area contributed by atoms with Gasteiger partial charge in [-0.25, -0.2) is 4.98 Å². The van der Waals surface area contributed by atoms with Gasteiger partial charge in [0.25, 0.3) is 0 Å². The molecule has 1 amide bonds. The molecule has 1 unspecified atom stereocenters. The van der Waals surface area contributed by atoms with Crippen LogP contribution in [0.25, 0.3) is 0 Å². The molecular weight excluding hydrogens is 254 g/mol. The molecule has 1 aromatic rings. The predicted octanol–water partition coefficient (Wildman–Crippen LogP) is 0.0607. The number of nitrogens with one attached hydrogen (secondary N) is 1. The second-order valence-electron chi connectivity index (χ2n) is 5.65. The van der Waals surface area contributed by atoms with Gasteiger partial charge in [0, 0.05) is 52.2 Å². The van der Waals surface area contributed by atoms with Crippen LogP contribution in [0, 0.1) is 0 Å². The van der Waals surface area contributed by atoms with Gasteiger partial charge in [0.15, 0.2) is 0 Å². The number of imidazole rings is 1. The van der Waals surface area contributed by atoms with E-state index in [4.69, 9.17) is 0 Å². The van der Waals surface area contributed by atoms with Gasteiger partial charge in [-0.05, 0) is 13.8 Å². The Morgan fingerprint density at radius 2 is 2.25 bits per heavy atom. The van der Waals surface area contributed by atoms with E-state index in [0.29, 0.717) is 6.04 Å². The third kappa shape index (κ3) is 3.19. The van der Waals surface area contributed by atoms with Crippen LogP contribution in [0.1, 0.15) is 19.7 Å². The summed E-state index contributed by atoms with van der Waals surface area (Å²) in [7, 11) is 3.71. The SMILES string of the molecule is CNC(=O)C1CN(Cc2nccn2C)CCN1C(C)C. The molecule has 1 aliphatic heterocycles. The third-order valence-electron chi connectivity index (χ3n) is 4.00. The van der Waals surface area contributed by atoms with Crippen molar-refractivity contribution in [3.8, 4) is 0 Å². The maximum absolute atomic E-state index is 12.1. The van der Waals surface area contributed by atoms with Gasteiger partial charge in [0.05, 0.1) is 6.54 Å². The molecule has 1 N–H and O–H groups in total. The smallest absolute Gasteiger partial charge is 0.238 e. The Hall–Kier alpha value is -1.40. The van der Waals surface area contributed by atoms with E-state index in [2.05, 4.69) is 33.9 Å². The average Bonchev–Trinajstić information content (AvgIpc) is 2.83. The molecule has 1 atom stereocenters. The molecule has 0 bridgehead atoms. The summed E-state index contributed by atoms with van der Waals surface area (Å²) in [5.41, 5.74) is 0. The highest BCUT2D eigenvalue weighted by atomic mass is 16.2. The summed E-state index contributed by atoms with van der Waals surface area (Å²) >= 11 is 0. The number of hydrogen-bond donors (Lipinski definition) is 1. The van der Waals surface area contributed by atoms with E-state index in [9.17, 15) is 4.79 Å². The Morgan fingerprint density at radius 3 is 2.80 bits per heavy atom. The van der Waals surface area contributed by atoms with Crippen molar-refractivity contribution in [3.63, 3.8) is 0 Å². The number of amides is 1. The zero-order valence-electron chi connectivity index (χ0n) is 12.8. The molecule has 2 heterocycles. The molecular formula is C14H25N5O. The predicted molar refractivity (Wildman–Crippen MR) is 78.2 cm³/mol. The Bertz CT molecular complexity index is 456. The Kier molecular flexibility index (Phi) is 4.77. The number of rotatable bonds is 4. The average molecular weight is 279 g/mol. The molecule has 1 saturated heterocycles. The van der Waals surface area contributed by atoms with Crippen LogP contribution >= 0.6 is 0 Å². The lowest BCUT2D eigenvalue weighted by Crippen LogP contribution is -2.60. The van der Waals surface area contributed by atoms with Gasteiger partial charge in [-0.1, -0.05) is 0 Å². The van der Waals surface area contributed by atoms with Crippen LogP contribution in [0.4, 0.5) is 0 Å². The standard InChI is InChI=1S/C14H25N5O/c1-11(2)19-8-7-18(9-12(19)14(20)15-3)10-13-16-5-6-17(13)4/h5-6,11-12H,7-10H2,1-4H3,(H,15,20). The van der Waals surface area contributed by atoms with Gasteiger partial charge in [-0.15, -0.1) is 0 Å². The van der Waals surface area contributed by atoms with Crippen LogP contribution in [-0.2, 0) is 18.4 Å². The van der Waals surface area contributed by atoms with Crippen LogP contribution in [0.15, 0.2) is 12.4 Å². The second kappa shape index (κ2) is 6.37. The lowest BCUT2D eigenvalue weighted by atomic mass is 10.1. The molecule has 0 radical (unpaired) electrons. The van der Waals surface area contributed by atoms with E-state index in [1.807, 2.05) is 24.0 Å². The first-order chi connectivity index (χ1) is 9.52. The fourth-order valence-electron chi connectivity index (χ4n) is 2.76. The lowest BCUT2D eigenvalue weighted by molar-refractivity contribution is -0.129. The van der Waals surface area contributed by atoms with Crippen molar-refractivity contribution in [1.29, 1.82) is 0 Å². The van der Waals surface area contributed by atoms with Crippen molar-refractivity contribution in [3.05, 3.63) is 18.2 Å². The van der Waals surface area contributed by atoms with Crippen LogP contribution in [0.5, 0.6) is 0 Å². The molecule has 0 saturated carbocycles. The molecule has 6 heteroatoms. The Morgan fingerprint density at radius 1 is 1.50 bits per heavy atom. The topological polar surface area (TPSA) is 53.4 Å². The molecule has 0 aliphatic carbocycles. The summed E-state index contributed by atoms with van der Waals surface area (Å²) in [5, 5.41) is 2.78. The van der Waals surface area contributed by atoms with Gasteiger partial charge in [0.2, 0.25) is 5.91 Å². The van der Waals surface area contributed by atoms with E-state index in [1.165, 1.54) is 0 Å². The molecule has 112 valence electrons. The molecule has 0 aromatic carbocycles. The molecule has 1 aliphatic rings. The van der Waals surface area contributed by atoms with Crippen LogP contribution < -0.4 is 5.32 Å². The first kappa shape index (κ1) is 15.0. The zero-order chi connectivity index (χ0) is 14.7. The number of aryl methyl sites for hydroxylation is 1. The summed E-state index contributed by atoms with van der Waals surface area (Å²) in [4.78, 5) is 21.0. The number of likely N-dealkylation sites (N-methyl/N-ethyl adjacent to an activating group) is 1. The van der Waals surface area contributed by atoms with Crippen molar-refractivity contribution in [1.82, 2.24) is 24.7 Å². The molecule has 1 aromatic heterocycles. The minimum absolute atomic E-state index is 0.0750. The first-order valence-corrected chi connectivity index (χ1v) is 7.18. The largest absolute Gasteiger partial charge is 0.358 e. The van der Waals surface area contributed by atoms with Gasteiger partial charge >= 0.3 is 0 Å². The quantitative estimate of drug-likeness (QED) is 0.847. The summed E-state index contributed by atoms with van der Waals surface area (Å²) in [6.45, 7) is 7.72. The second-order valence-corrected chi connectivity index (χ2v) is 5.65. The summed E-state index contributed by atoms with van der Waals surface area (Å²) in [6, 6.07) is 0.307. The molecule has 20 heavy (non-hydrogen) atoms. The summed E-state index contributed by atoms with van der Waals surface area (Å²) in [6.07, 6.45) is 3.77. The van der Waals surface area contributed by atoms with Crippen molar-refractivity contribution in [2.45, 2.75) is 32.5 Å². The number of carbonyl (C=O) groups is 1. The van der Waals surface area contributed by atoms with Gasteiger partial charge in [-0.3, -0.25) is 14.6 Å². The van der Waals surface area contributed by atoms with Crippen LogP contribution in [-0.4, -0.2) is 64.0 Å². The highest BCUT2D eigenvalue weighted by molar-refractivity contribution is 5.81. The van der Waals surface area contributed by atoms with Crippen LogP contribution in [0.2, 0.25) is 0 Å². The third-order valence-corrected chi connectivity index (χ3v) is 4.00. The minimum Gasteiger partial charge on any atom is -0.358 e. The normalized spacial score (nSPS) is 21.4. The fraction of sp³-hybridized carbons (Fsp3) is 0.714. The van der Waals surface area contributed by atoms with Gasteiger partial charge < -0.3 is 9.88 Å². The maximum Gasteiger partial charge on any atom is 0.238 e. The number of carbonyl (C=O) groups excluding carboxylic acids is 1. The van der Waals surface area contributed by atoms with Crippen LogP contribution in [0.3, 0.4) is 0 Å². The van der Waals surface area contributed by atoms with Gasteiger partial charge in [-0.2, -0.15) is 0 Å². The van der Waals surface area contributed by atoms with Crippen molar-refractivity contribution in [2.24, 2.45) is 7.05 Å². The Balaban J connectivity index is 2.05. The summed E-state index contributed by atoms with van der Waals surface area (Å²) in [5.74, 6) is 1.14. The highest BCUT2D eigenvalue weighted by Crippen LogP contribution is 2.15. The minimum atomic E-state index is -0.0750. The van der Waals surface area contributed by atoms with Gasteiger partial charge in [0.1, 0.15) is 11.9 Å². The number of hydrogen-bond acceptors (Lipinski definition) is 4. The Labute approximate surface area is 120 Å². The van der Waals surface area contributed by atoms with E-state index in [0.717, 1.165) is 32.0 Å². The summed E-state index contributed by atoms with van der Waals surface area (Å²) < 4.78 is 2.03. The molecule has 2 rings (SSSR count). The molecule has 1 fully saturated rings. The zero-order valence-corrected chi connectivity index (χ0v) is 12.8. The van der Waals surface area contributed by atoms with E-state index in [1.54, 1.807) is 7.05 Å². The van der Waals surface area contributed by atoms with Crippen molar-refractivity contribution >= 4 is 5.91 Å². The fourth-order valence-corrected chi connectivity index (χ4v) is 2.76. The van der Waals surface area contributed by atoms with E-state index >= 15 is 0 Å². The molecule has 0 spiro atoms.